The molecule has 0 unspecified atom stereocenters. The maximum absolute atomic E-state index is 8.83. The summed E-state index contributed by atoms with van der Waals surface area (Å²) in [7, 11) is 0. The van der Waals surface area contributed by atoms with E-state index in [1.165, 1.54) is 4.88 Å². The lowest BCUT2D eigenvalue weighted by molar-refractivity contribution is 1.01. The first-order valence-electron chi connectivity index (χ1n) is 5.64. The van der Waals surface area contributed by atoms with Gasteiger partial charge in [-0.05, 0) is 19.4 Å². The van der Waals surface area contributed by atoms with E-state index >= 15 is 0 Å². The summed E-state index contributed by atoms with van der Waals surface area (Å²) in [5, 5.41) is 12.9. The number of hydrogen-bond donors (Lipinski definition) is 1. The number of rotatable bonds is 4. The fraction of sp³-hybridized carbons (Fsp3) is 0.333. The first-order chi connectivity index (χ1) is 8.71. The molecule has 1 N–H and O–H groups in total. The maximum Gasteiger partial charge on any atom is 0.224 e. The third kappa shape index (κ3) is 3.02. The molecule has 0 aromatic carbocycles. The van der Waals surface area contributed by atoms with Gasteiger partial charge in [0, 0.05) is 16.8 Å². The molecule has 0 saturated heterocycles. The lowest BCUT2D eigenvalue weighted by Gasteiger charge is -2.03. The van der Waals surface area contributed by atoms with Crippen LogP contribution in [0.3, 0.4) is 0 Å². The Hall–Kier alpha value is -2.00. The lowest BCUT2D eigenvalue weighted by atomic mass is 10.3. The predicted molar refractivity (Wildman–Crippen MR) is 70.3 cm³/mol. The van der Waals surface area contributed by atoms with Crippen molar-refractivity contribution in [1.29, 1.82) is 5.26 Å². The maximum atomic E-state index is 8.83. The van der Waals surface area contributed by atoms with Crippen LogP contribution in [-0.2, 0) is 13.0 Å². The van der Waals surface area contributed by atoms with E-state index in [-0.39, 0.29) is 0 Å². The van der Waals surface area contributed by atoms with Crippen molar-refractivity contribution >= 4 is 17.3 Å². The Kier molecular flexibility index (Phi) is 3.85. The van der Waals surface area contributed by atoms with Gasteiger partial charge in [-0.25, -0.2) is 15.0 Å². The van der Waals surface area contributed by atoms with Crippen molar-refractivity contribution in [3.05, 3.63) is 33.5 Å². The minimum absolute atomic E-state index is 0.374. The van der Waals surface area contributed by atoms with Crippen LogP contribution in [-0.4, -0.2) is 15.0 Å². The van der Waals surface area contributed by atoms with Gasteiger partial charge in [-0.3, -0.25) is 0 Å². The minimum Gasteiger partial charge on any atom is -0.348 e. The van der Waals surface area contributed by atoms with Gasteiger partial charge in [-0.15, -0.1) is 11.3 Å². The van der Waals surface area contributed by atoms with Crippen LogP contribution >= 0.6 is 11.3 Å². The second-order valence-electron chi connectivity index (χ2n) is 3.76. The normalized spacial score (nSPS) is 10.1. The molecule has 0 atom stereocenters. The van der Waals surface area contributed by atoms with Crippen LogP contribution in [0, 0.1) is 18.3 Å². The first kappa shape index (κ1) is 12.5. The third-order valence-electron chi connectivity index (χ3n) is 2.32. The van der Waals surface area contributed by atoms with Gasteiger partial charge < -0.3 is 5.32 Å². The van der Waals surface area contributed by atoms with Crippen molar-refractivity contribution in [3.63, 3.8) is 0 Å². The number of aryl methyl sites for hydroxylation is 2. The van der Waals surface area contributed by atoms with Gasteiger partial charge in [0.25, 0.3) is 0 Å². The van der Waals surface area contributed by atoms with Crippen LogP contribution in [0.1, 0.15) is 28.2 Å². The molecule has 2 heterocycles. The van der Waals surface area contributed by atoms with Crippen molar-refractivity contribution in [2.24, 2.45) is 0 Å². The molecule has 5 nitrogen and oxygen atoms in total. The Morgan fingerprint density at radius 1 is 1.44 bits per heavy atom. The van der Waals surface area contributed by atoms with Crippen LogP contribution in [0.4, 0.5) is 5.95 Å². The Balaban J connectivity index is 2.06. The van der Waals surface area contributed by atoms with Crippen LogP contribution in [0.2, 0.25) is 0 Å². The highest BCUT2D eigenvalue weighted by atomic mass is 32.1. The Labute approximate surface area is 110 Å². The molecule has 0 aliphatic rings. The average molecular weight is 259 g/mol. The highest BCUT2D eigenvalue weighted by Crippen LogP contribution is 2.14. The fourth-order valence-corrected chi connectivity index (χ4v) is 2.25. The summed E-state index contributed by atoms with van der Waals surface area (Å²) in [6.45, 7) is 4.53. The fourth-order valence-electron chi connectivity index (χ4n) is 1.45. The van der Waals surface area contributed by atoms with Crippen LogP contribution in [0.5, 0.6) is 0 Å². The molecule has 0 aliphatic carbocycles. The van der Waals surface area contributed by atoms with Gasteiger partial charge in [0.15, 0.2) is 0 Å². The predicted octanol–water partition coefficient (Wildman–Crippen LogP) is 2.29. The first-order valence-corrected chi connectivity index (χ1v) is 6.46. The van der Waals surface area contributed by atoms with Crippen molar-refractivity contribution in [2.45, 2.75) is 26.8 Å². The van der Waals surface area contributed by atoms with Gasteiger partial charge in [-0.1, -0.05) is 6.92 Å². The van der Waals surface area contributed by atoms with E-state index < -0.39 is 0 Å². The molecule has 0 saturated carbocycles. The van der Waals surface area contributed by atoms with E-state index in [1.807, 2.05) is 19.2 Å². The van der Waals surface area contributed by atoms with Crippen LogP contribution in [0.15, 0.2) is 12.3 Å². The highest BCUT2D eigenvalue weighted by Gasteiger charge is 2.04. The summed E-state index contributed by atoms with van der Waals surface area (Å²) in [5.41, 5.74) is 1.15. The van der Waals surface area contributed by atoms with E-state index in [0.717, 1.165) is 17.1 Å². The van der Waals surface area contributed by atoms with E-state index in [2.05, 4.69) is 27.2 Å². The number of aromatic nitrogens is 3. The molecule has 0 spiro atoms. The van der Waals surface area contributed by atoms with Gasteiger partial charge in [0.05, 0.1) is 6.54 Å². The molecule has 92 valence electrons. The molecule has 0 radical (unpaired) electrons. The summed E-state index contributed by atoms with van der Waals surface area (Å²) in [6.07, 6.45) is 2.89. The number of thiazole rings is 1. The van der Waals surface area contributed by atoms with Crippen LogP contribution < -0.4 is 5.32 Å². The lowest BCUT2D eigenvalue weighted by Crippen LogP contribution is -2.05. The molecular formula is C12H13N5S. The zero-order valence-corrected chi connectivity index (χ0v) is 11.1. The molecule has 6 heteroatoms. The second-order valence-corrected chi connectivity index (χ2v) is 4.96. The highest BCUT2D eigenvalue weighted by molar-refractivity contribution is 7.11. The summed E-state index contributed by atoms with van der Waals surface area (Å²) >= 11 is 1.67. The number of nitrogens with one attached hydrogen (secondary N) is 1. The zero-order chi connectivity index (χ0) is 13.0. The number of anilines is 1. The smallest absolute Gasteiger partial charge is 0.224 e. The number of hydrogen-bond acceptors (Lipinski definition) is 6. The number of nitriles is 1. The third-order valence-corrected chi connectivity index (χ3v) is 3.46. The van der Waals surface area contributed by atoms with E-state index in [0.29, 0.717) is 18.2 Å². The summed E-state index contributed by atoms with van der Waals surface area (Å²) < 4.78 is 0. The van der Waals surface area contributed by atoms with Gasteiger partial charge >= 0.3 is 0 Å². The molecule has 0 aliphatic heterocycles. The molecule has 2 aromatic rings. The van der Waals surface area contributed by atoms with E-state index in [9.17, 15) is 0 Å². The summed E-state index contributed by atoms with van der Waals surface area (Å²) in [4.78, 5) is 13.9. The van der Waals surface area contributed by atoms with Gasteiger partial charge in [0.2, 0.25) is 5.95 Å². The van der Waals surface area contributed by atoms with E-state index in [1.54, 1.807) is 17.4 Å². The molecule has 0 fully saturated rings. The van der Waals surface area contributed by atoms with Crippen LogP contribution in [0.25, 0.3) is 0 Å². The molecule has 0 bridgehead atoms. The van der Waals surface area contributed by atoms with E-state index in [4.69, 9.17) is 5.26 Å². The standard InChI is InChI=1S/C12H13N5S/c1-3-10-6-14-11(18-10)7-15-12-16-8(2)4-9(5-13)17-12/h4,6H,3,7H2,1-2H3,(H,15,16,17). The van der Waals surface area contributed by atoms with Crippen molar-refractivity contribution in [3.8, 4) is 6.07 Å². The average Bonchev–Trinajstić information content (AvgIpc) is 2.83. The summed E-state index contributed by atoms with van der Waals surface area (Å²) in [5.74, 6) is 0.472. The minimum atomic E-state index is 0.374. The monoisotopic (exact) mass is 259 g/mol. The van der Waals surface area contributed by atoms with Crippen molar-refractivity contribution < 1.29 is 0 Å². The largest absolute Gasteiger partial charge is 0.348 e. The SMILES string of the molecule is CCc1cnc(CNc2nc(C)cc(C#N)n2)s1. The van der Waals surface area contributed by atoms with Gasteiger partial charge in [0.1, 0.15) is 16.8 Å². The summed E-state index contributed by atoms with van der Waals surface area (Å²) in [6, 6.07) is 3.67. The molecule has 2 aromatic heterocycles. The van der Waals surface area contributed by atoms with Crippen molar-refractivity contribution in [2.75, 3.05) is 5.32 Å². The molecule has 18 heavy (non-hydrogen) atoms. The Bertz CT molecular complexity index is 584. The topological polar surface area (TPSA) is 74.5 Å². The van der Waals surface area contributed by atoms with Gasteiger partial charge in [-0.2, -0.15) is 5.26 Å². The second kappa shape index (κ2) is 5.56. The number of nitrogens with zero attached hydrogens (tertiary/aromatic N) is 4. The quantitative estimate of drug-likeness (QED) is 0.911. The van der Waals surface area contributed by atoms with Crippen molar-refractivity contribution in [1.82, 2.24) is 15.0 Å². The molecular weight excluding hydrogens is 246 g/mol. The molecule has 0 amide bonds. The Morgan fingerprint density at radius 2 is 2.28 bits per heavy atom. The molecule has 2 rings (SSSR count). The zero-order valence-electron chi connectivity index (χ0n) is 10.3. The Morgan fingerprint density at radius 3 is 2.94 bits per heavy atom.